The number of furan rings is 1. The number of nitrogens with zero attached hydrogens (tertiary/aromatic N) is 2. The molecule has 0 N–H and O–H groups in total. The quantitative estimate of drug-likeness (QED) is 0.420. The maximum atomic E-state index is 13.4. The minimum absolute atomic E-state index is 0.00629. The van der Waals surface area contributed by atoms with Crippen LogP contribution in [-0.2, 0) is 11.2 Å². The molecular formula is C26H26N2O4. The van der Waals surface area contributed by atoms with E-state index in [0.717, 1.165) is 57.9 Å². The Hall–Kier alpha value is -3.41. The van der Waals surface area contributed by atoms with Crippen LogP contribution in [0.1, 0.15) is 53.1 Å². The molecule has 1 fully saturated rings. The predicted octanol–water partition coefficient (Wildman–Crippen LogP) is 5.16. The van der Waals surface area contributed by atoms with E-state index in [9.17, 15) is 9.59 Å². The molecule has 32 heavy (non-hydrogen) atoms. The summed E-state index contributed by atoms with van der Waals surface area (Å²) >= 11 is 0. The molecule has 1 saturated heterocycles. The summed E-state index contributed by atoms with van der Waals surface area (Å²) in [4.78, 5) is 32.5. The zero-order valence-electron chi connectivity index (χ0n) is 18.6. The van der Waals surface area contributed by atoms with Crippen LogP contribution in [0.3, 0.4) is 0 Å². The third-order valence-corrected chi connectivity index (χ3v) is 6.76. The van der Waals surface area contributed by atoms with Gasteiger partial charge in [-0.15, -0.1) is 0 Å². The largest absolute Gasteiger partial charge is 0.464 e. The Kier molecular flexibility index (Phi) is 5.08. The van der Waals surface area contributed by atoms with Crippen molar-refractivity contribution in [1.82, 2.24) is 9.88 Å². The second kappa shape index (κ2) is 7.93. The number of pyridine rings is 1. The Labute approximate surface area is 185 Å². The normalized spacial score (nSPS) is 16.7. The van der Waals surface area contributed by atoms with Gasteiger partial charge in [-0.3, -0.25) is 9.78 Å². The van der Waals surface area contributed by atoms with Crippen molar-refractivity contribution >= 4 is 27.8 Å². The van der Waals surface area contributed by atoms with Gasteiger partial charge in [0.15, 0.2) is 0 Å². The number of piperidine rings is 1. The number of likely N-dealkylation sites (tertiary alicyclic amines) is 1. The second-order valence-corrected chi connectivity index (χ2v) is 8.73. The summed E-state index contributed by atoms with van der Waals surface area (Å²) in [7, 11) is 0. The van der Waals surface area contributed by atoms with E-state index in [1.807, 2.05) is 50.1 Å². The van der Waals surface area contributed by atoms with Crippen LogP contribution in [-0.4, -0.2) is 22.3 Å². The fourth-order valence-corrected chi connectivity index (χ4v) is 4.93. The van der Waals surface area contributed by atoms with E-state index in [1.165, 1.54) is 0 Å². The van der Waals surface area contributed by atoms with Gasteiger partial charge in [0.05, 0.1) is 24.3 Å². The summed E-state index contributed by atoms with van der Waals surface area (Å²) in [5.41, 5.74) is 4.89. The number of hydrogen-bond acceptors (Lipinski definition) is 5. The molecule has 1 unspecified atom stereocenters. The van der Waals surface area contributed by atoms with Crippen molar-refractivity contribution in [3.8, 4) is 0 Å². The van der Waals surface area contributed by atoms with Gasteiger partial charge in [-0.1, -0.05) is 6.07 Å². The molecule has 0 aliphatic carbocycles. The molecule has 0 radical (unpaired) electrons. The molecular weight excluding hydrogens is 404 g/mol. The Balaban J connectivity index is 1.54. The Morgan fingerprint density at radius 3 is 2.78 bits per heavy atom. The number of fused-ring (bicyclic) bond motifs is 2. The Morgan fingerprint density at radius 2 is 2.00 bits per heavy atom. The summed E-state index contributed by atoms with van der Waals surface area (Å²) in [5, 5.41) is 1.85. The fourth-order valence-electron chi connectivity index (χ4n) is 4.93. The highest BCUT2D eigenvalue weighted by Crippen LogP contribution is 2.34. The molecule has 6 heteroatoms. The lowest BCUT2D eigenvalue weighted by atomic mass is 9.94. The summed E-state index contributed by atoms with van der Waals surface area (Å²) in [6, 6.07) is 5.91. The third-order valence-electron chi connectivity index (χ3n) is 6.76. The average Bonchev–Trinajstić information content (AvgIpc) is 3.19. The zero-order chi connectivity index (χ0) is 22.4. The van der Waals surface area contributed by atoms with Gasteiger partial charge in [-0.05, 0) is 68.9 Å². The highest BCUT2D eigenvalue weighted by Gasteiger charge is 2.29. The fraction of sp³-hybridized carbons (Fsp3) is 0.346. The van der Waals surface area contributed by atoms with E-state index < -0.39 is 5.63 Å². The minimum atomic E-state index is -0.455. The first-order valence-corrected chi connectivity index (χ1v) is 11.1. The van der Waals surface area contributed by atoms with Crippen LogP contribution < -0.4 is 5.63 Å². The van der Waals surface area contributed by atoms with E-state index in [0.29, 0.717) is 17.7 Å². The van der Waals surface area contributed by atoms with Gasteiger partial charge in [0.2, 0.25) is 5.91 Å². The molecule has 6 nitrogen and oxygen atoms in total. The van der Waals surface area contributed by atoms with Gasteiger partial charge >= 0.3 is 5.63 Å². The zero-order valence-corrected chi connectivity index (χ0v) is 18.6. The Bertz CT molecular complexity index is 1380. The van der Waals surface area contributed by atoms with Crippen molar-refractivity contribution in [1.29, 1.82) is 0 Å². The number of aryl methyl sites for hydroxylation is 3. The molecule has 1 aliphatic rings. The monoisotopic (exact) mass is 430 g/mol. The van der Waals surface area contributed by atoms with Crippen molar-refractivity contribution in [2.75, 3.05) is 6.54 Å². The molecule has 0 bridgehead atoms. The second-order valence-electron chi connectivity index (χ2n) is 8.73. The topological polar surface area (TPSA) is 76.6 Å². The molecule has 1 aromatic carbocycles. The number of carbonyl (C=O) groups is 1. The first kappa shape index (κ1) is 20.5. The van der Waals surface area contributed by atoms with Gasteiger partial charge in [0.1, 0.15) is 11.2 Å². The number of carbonyl (C=O) groups excluding carboxylic acids is 1. The standard InChI is InChI=1S/C26H26N2O4/c1-15-14-31-24-17(3)25-20(11-19(15)24)16(2)21(26(30)32-25)12-23(29)28-10-5-4-8-22(28)18-7-6-9-27-13-18/h6-7,9,11,13-14,22H,4-5,8,10,12H2,1-3H3. The molecule has 4 aromatic rings. The van der Waals surface area contributed by atoms with Crippen LogP contribution in [0.2, 0.25) is 0 Å². The summed E-state index contributed by atoms with van der Waals surface area (Å²) in [5.74, 6) is -0.0504. The smallest absolute Gasteiger partial charge is 0.340 e. The molecule has 1 atom stereocenters. The van der Waals surface area contributed by atoms with Crippen molar-refractivity contribution in [3.05, 3.63) is 75.1 Å². The van der Waals surface area contributed by atoms with Crippen LogP contribution in [0.4, 0.5) is 0 Å². The molecule has 3 aromatic heterocycles. The SMILES string of the molecule is Cc1coc2c(C)c3oc(=O)c(CC(=O)N4CCCCC4c4cccnc4)c(C)c3cc12. The molecule has 1 amide bonds. The van der Waals surface area contributed by atoms with Gasteiger partial charge in [-0.2, -0.15) is 0 Å². The molecule has 164 valence electrons. The highest BCUT2D eigenvalue weighted by molar-refractivity contribution is 6.00. The van der Waals surface area contributed by atoms with E-state index in [2.05, 4.69) is 4.98 Å². The lowest BCUT2D eigenvalue weighted by molar-refractivity contribution is -0.134. The van der Waals surface area contributed by atoms with Gasteiger partial charge in [-0.25, -0.2) is 4.79 Å². The number of aromatic nitrogens is 1. The lowest BCUT2D eigenvalue weighted by Gasteiger charge is -2.36. The van der Waals surface area contributed by atoms with Gasteiger partial charge < -0.3 is 13.7 Å². The number of amides is 1. The average molecular weight is 431 g/mol. The van der Waals surface area contributed by atoms with Crippen LogP contribution in [0.25, 0.3) is 21.9 Å². The summed E-state index contributed by atoms with van der Waals surface area (Å²) < 4.78 is 11.4. The first-order valence-electron chi connectivity index (χ1n) is 11.1. The first-order chi connectivity index (χ1) is 15.5. The lowest BCUT2D eigenvalue weighted by Crippen LogP contribution is -2.40. The van der Waals surface area contributed by atoms with Crippen LogP contribution in [0, 0.1) is 20.8 Å². The van der Waals surface area contributed by atoms with Gasteiger partial charge in [0, 0.05) is 35.3 Å². The number of hydrogen-bond donors (Lipinski definition) is 0. The van der Waals surface area contributed by atoms with E-state index in [4.69, 9.17) is 8.83 Å². The third kappa shape index (κ3) is 3.30. The maximum Gasteiger partial charge on any atom is 0.340 e. The van der Waals surface area contributed by atoms with Crippen LogP contribution in [0.5, 0.6) is 0 Å². The van der Waals surface area contributed by atoms with Crippen LogP contribution >= 0.6 is 0 Å². The van der Waals surface area contributed by atoms with E-state index in [-0.39, 0.29) is 18.4 Å². The van der Waals surface area contributed by atoms with Crippen molar-refractivity contribution in [3.63, 3.8) is 0 Å². The van der Waals surface area contributed by atoms with Crippen molar-refractivity contribution in [2.24, 2.45) is 0 Å². The minimum Gasteiger partial charge on any atom is -0.464 e. The van der Waals surface area contributed by atoms with Crippen LogP contribution in [0.15, 0.2) is 50.5 Å². The van der Waals surface area contributed by atoms with E-state index in [1.54, 1.807) is 12.5 Å². The summed E-state index contributed by atoms with van der Waals surface area (Å²) in [6.45, 7) is 6.47. The summed E-state index contributed by atoms with van der Waals surface area (Å²) in [6.07, 6.45) is 8.24. The molecule has 5 rings (SSSR count). The van der Waals surface area contributed by atoms with E-state index >= 15 is 0 Å². The molecule has 4 heterocycles. The number of rotatable bonds is 3. The molecule has 0 spiro atoms. The molecule has 0 saturated carbocycles. The predicted molar refractivity (Wildman–Crippen MR) is 123 cm³/mol. The highest BCUT2D eigenvalue weighted by atomic mass is 16.4. The molecule has 1 aliphatic heterocycles. The number of benzene rings is 1. The van der Waals surface area contributed by atoms with Crippen molar-refractivity contribution in [2.45, 2.75) is 52.5 Å². The maximum absolute atomic E-state index is 13.4. The van der Waals surface area contributed by atoms with Gasteiger partial charge in [0.25, 0.3) is 0 Å². The van der Waals surface area contributed by atoms with Crippen molar-refractivity contribution < 1.29 is 13.6 Å². The Morgan fingerprint density at radius 1 is 1.16 bits per heavy atom.